The molecule has 0 radical (unpaired) electrons. The molecule has 0 aliphatic heterocycles. The summed E-state index contributed by atoms with van der Waals surface area (Å²) in [6.07, 6.45) is 2.66. The standard InChI is InChI=1S/C9H13N3O/c1-5-3-7(5)9(13)11-8-4-10-12-6(8)2/h4-5,7H,3H2,1-2H3,(H,10,12)(H,11,13)/t5-,7-/m1/s1. The zero-order chi connectivity index (χ0) is 9.42. The van der Waals surface area contributed by atoms with Crippen LogP contribution >= 0.6 is 0 Å². The predicted molar refractivity (Wildman–Crippen MR) is 49.2 cm³/mol. The lowest BCUT2D eigenvalue weighted by molar-refractivity contribution is -0.117. The van der Waals surface area contributed by atoms with Gasteiger partial charge in [-0.25, -0.2) is 0 Å². The molecule has 1 amide bonds. The minimum absolute atomic E-state index is 0.122. The molecule has 1 heterocycles. The van der Waals surface area contributed by atoms with Crippen molar-refractivity contribution >= 4 is 11.6 Å². The van der Waals surface area contributed by atoms with E-state index >= 15 is 0 Å². The molecule has 1 aliphatic carbocycles. The zero-order valence-electron chi connectivity index (χ0n) is 7.79. The number of aryl methyl sites for hydroxylation is 1. The SMILES string of the molecule is Cc1[nH]ncc1NC(=O)[C@@H]1C[C@H]1C. The van der Waals surface area contributed by atoms with Gasteiger partial charge in [0.1, 0.15) is 0 Å². The van der Waals surface area contributed by atoms with Crippen molar-refractivity contribution in [3.8, 4) is 0 Å². The molecule has 2 N–H and O–H groups in total. The fourth-order valence-corrected chi connectivity index (χ4v) is 1.39. The number of carbonyl (C=O) groups is 1. The highest BCUT2D eigenvalue weighted by molar-refractivity contribution is 5.94. The Bertz CT molecular complexity index is 331. The van der Waals surface area contributed by atoms with Crippen LogP contribution in [0.5, 0.6) is 0 Å². The summed E-state index contributed by atoms with van der Waals surface area (Å²) >= 11 is 0. The van der Waals surface area contributed by atoms with Crippen LogP contribution in [0, 0.1) is 18.8 Å². The van der Waals surface area contributed by atoms with Crippen LogP contribution in [0.2, 0.25) is 0 Å². The molecule has 4 nitrogen and oxygen atoms in total. The van der Waals surface area contributed by atoms with Gasteiger partial charge in [0.25, 0.3) is 0 Å². The number of nitrogens with one attached hydrogen (secondary N) is 2. The van der Waals surface area contributed by atoms with Gasteiger partial charge in [-0.05, 0) is 19.3 Å². The Labute approximate surface area is 76.7 Å². The summed E-state index contributed by atoms with van der Waals surface area (Å²) in [7, 11) is 0. The minimum Gasteiger partial charge on any atom is -0.323 e. The Balaban J connectivity index is 1.99. The Kier molecular flexibility index (Phi) is 1.83. The van der Waals surface area contributed by atoms with Gasteiger partial charge in [-0.1, -0.05) is 6.92 Å². The highest BCUT2D eigenvalue weighted by atomic mass is 16.2. The van der Waals surface area contributed by atoms with Gasteiger partial charge in [0.05, 0.1) is 17.6 Å². The van der Waals surface area contributed by atoms with Gasteiger partial charge in [-0.2, -0.15) is 5.10 Å². The molecular formula is C9H13N3O. The number of anilines is 1. The summed E-state index contributed by atoms with van der Waals surface area (Å²) < 4.78 is 0. The normalized spacial score (nSPS) is 25.7. The van der Waals surface area contributed by atoms with Crippen LogP contribution in [-0.2, 0) is 4.79 Å². The molecule has 0 unspecified atom stereocenters. The van der Waals surface area contributed by atoms with Gasteiger partial charge in [-0.3, -0.25) is 9.89 Å². The molecule has 0 bridgehead atoms. The van der Waals surface area contributed by atoms with E-state index in [4.69, 9.17) is 0 Å². The fourth-order valence-electron chi connectivity index (χ4n) is 1.39. The first kappa shape index (κ1) is 8.29. The zero-order valence-corrected chi connectivity index (χ0v) is 7.79. The molecule has 0 saturated heterocycles. The maximum Gasteiger partial charge on any atom is 0.227 e. The van der Waals surface area contributed by atoms with Gasteiger partial charge >= 0.3 is 0 Å². The minimum atomic E-state index is 0.122. The Hall–Kier alpha value is -1.32. The maximum atomic E-state index is 11.5. The van der Waals surface area contributed by atoms with Gasteiger partial charge in [-0.15, -0.1) is 0 Å². The fraction of sp³-hybridized carbons (Fsp3) is 0.556. The molecule has 2 atom stereocenters. The van der Waals surface area contributed by atoms with E-state index in [0.717, 1.165) is 17.8 Å². The van der Waals surface area contributed by atoms with E-state index in [1.54, 1.807) is 6.20 Å². The van der Waals surface area contributed by atoms with Crippen molar-refractivity contribution in [3.63, 3.8) is 0 Å². The molecule has 1 aliphatic rings. The Morgan fingerprint density at radius 3 is 2.92 bits per heavy atom. The van der Waals surface area contributed by atoms with Crippen molar-refractivity contribution in [1.29, 1.82) is 0 Å². The number of carbonyl (C=O) groups excluding carboxylic acids is 1. The number of rotatable bonds is 2. The molecule has 1 saturated carbocycles. The van der Waals surface area contributed by atoms with E-state index in [1.807, 2.05) is 6.92 Å². The van der Waals surface area contributed by atoms with E-state index < -0.39 is 0 Å². The van der Waals surface area contributed by atoms with Crippen LogP contribution in [0.3, 0.4) is 0 Å². The lowest BCUT2D eigenvalue weighted by Crippen LogP contribution is -2.14. The highest BCUT2D eigenvalue weighted by Crippen LogP contribution is 2.38. The van der Waals surface area contributed by atoms with Crippen LogP contribution < -0.4 is 5.32 Å². The molecule has 1 aromatic rings. The molecular weight excluding hydrogens is 166 g/mol. The van der Waals surface area contributed by atoms with E-state index in [1.165, 1.54) is 0 Å². The first-order valence-corrected chi connectivity index (χ1v) is 4.49. The third kappa shape index (κ3) is 1.56. The summed E-state index contributed by atoms with van der Waals surface area (Å²) in [6.45, 7) is 3.98. The summed E-state index contributed by atoms with van der Waals surface area (Å²) in [5.41, 5.74) is 1.70. The first-order chi connectivity index (χ1) is 6.18. The second-order valence-electron chi connectivity index (χ2n) is 3.72. The number of hydrogen-bond donors (Lipinski definition) is 2. The van der Waals surface area contributed by atoms with E-state index in [0.29, 0.717) is 5.92 Å². The largest absolute Gasteiger partial charge is 0.323 e. The lowest BCUT2D eigenvalue weighted by Gasteiger charge is -2.01. The van der Waals surface area contributed by atoms with Crippen LogP contribution in [0.1, 0.15) is 19.0 Å². The third-order valence-electron chi connectivity index (χ3n) is 2.53. The predicted octanol–water partition coefficient (Wildman–Crippen LogP) is 1.31. The quantitative estimate of drug-likeness (QED) is 0.719. The molecule has 13 heavy (non-hydrogen) atoms. The third-order valence-corrected chi connectivity index (χ3v) is 2.53. The molecule has 4 heteroatoms. The number of aromatic nitrogens is 2. The smallest absolute Gasteiger partial charge is 0.227 e. The average molecular weight is 179 g/mol. The number of H-pyrrole nitrogens is 1. The monoisotopic (exact) mass is 179 g/mol. The molecule has 70 valence electrons. The second kappa shape index (κ2) is 2.87. The van der Waals surface area contributed by atoms with Crippen molar-refractivity contribution in [2.45, 2.75) is 20.3 Å². The number of aromatic amines is 1. The Morgan fingerprint density at radius 2 is 2.46 bits per heavy atom. The highest BCUT2D eigenvalue weighted by Gasteiger charge is 2.39. The van der Waals surface area contributed by atoms with Crippen molar-refractivity contribution in [3.05, 3.63) is 11.9 Å². The van der Waals surface area contributed by atoms with Crippen molar-refractivity contribution < 1.29 is 4.79 Å². The lowest BCUT2D eigenvalue weighted by atomic mass is 10.3. The Morgan fingerprint density at radius 1 is 1.77 bits per heavy atom. The number of amides is 1. The molecule has 0 aromatic carbocycles. The van der Waals surface area contributed by atoms with Gasteiger partial charge in [0, 0.05) is 5.92 Å². The molecule has 0 spiro atoms. The van der Waals surface area contributed by atoms with Gasteiger partial charge in [0.15, 0.2) is 0 Å². The first-order valence-electron chi connectivity index (χ1n) is 4.49. The number of hydrogen-bond acceptors (Lipinski definition) is 2. The van der Waals surface area contributed by atoms with E-state index in [2.05, 4.69) is 22.4 Å². The second-order valence-corrected chi connectivity index (χ2v) is 3.72. The van der Waals surface area contributed by atoms with Crippen molar-refractivity contribution in [2.75, 3.05) is 5.32 Å². The van der Waals surface area contributed by atoms with E-state index in [-0.39, 0.29) is 11.8 Å². The van der Waals surface area contributed by atoms with Gasteiger partial charge in [0.2, 0.25) is 5.91 Å². The van der Waals surface area contributed by atoms with Gasteiger partial charge < -0.3 is 5.32 Å². The summed E-state index contributed by atoms with van der Waals surface area (Å²) in [6, 6.07) is 0. The molecule has 1 fully saturated rings. The average Bonchev–Trinajstić information content (AvgIpc) is 2.68. The van der Waals surface area contributed by atoms with Crippen molar-refractivity contribution in [2.24, 2.45) is 11.8 Å². The van der Waals surface area contributed by atoms with Crippen LogP contribution in [0.25, 0.3) is 0 Å². The topological polar surface area (TPSA) is 57.8 Å². The van der Waals surface area contributed by atoms with Crippen LogP contribution in [0.15, 0.2) is 6.20 Å². The van der Waals surface area contributed by atoms with E-state index in [9.17, 15) is 4.79 Å². The molecule has 1 aromatic heterocycles. The van der Waals surface area contributed by atoms with Crippen LogP contribution in [-0.4, -0.2) is 16.1 Å². The maximum absolute atomic E-state index is 11.5. The van der Waals surface area contributed by atoms with Crippen molar-refractivity contribution in [1.82, 2.24) is 10.2 Å². The summed E-state index contributed by atoms with van der Waals surface area (Å²) in [5, 5.41) is 9.46. The number of nitrogens with zero attached hydrogens (tertiary/aromatic N) is 1. The van der Waals surface area contributed by atoms with Crippen LogP contribution in [0.4, 0.5) is 5.69 Å². The summed E-state index contributed by atoms with van der Waals surface area (Å²) in [5.74, 6) is 0.888. The summed E-state index contributed by atoms with van der Waals surface area (Å²) in [4.78, 5) is 11.5. The molecule has 2 rings (SSSR count).